The third-order valence-corrected chi connectivity index (χ3v) is 2.68. The molecule has 0 aromatic carbocycles. The van der Waals surface area contributed by atoms with Crippen molar-refractivity contribution in [1.82, 2.24) is 0 Å². The van der Waals surface area contributed by atoms with E-state index in [0.717, 1.165) is 0 Å². The summed E-state index contributed by atoms with van der Waals surface area (Å²) in [5.74, 6) is -0.463. The molecule has 2 aliphatic rings. The number of carbonyl (C=O) groups excluding carboxylic acids is 2. The van der Waals surface area contributed by atoms with Crippen LogP contribution < -0.4 is 0 Å². The zero-order valence-corrected chi connectivity index (χ0v) is 10.3. The summed E-state index contributed by atoms with van der Waals surface area (Å²) in [6.45, 7) is 2.07. The second kappa shape index (κ2) is 6.70. The molecule has 0 aliphatic carbocycles. The van der Waals surface area contributed by atoms with E-state index >= 15 is 0 Å². The van der Waals surface area contributed by atoms with Gasteiger partial charge in [-0.25, -0.2) is 0 Å². The van der Waals surface area contributed by atoms with E-state index in [1.807, 2.05) is 0 Å². The molecule has 6 heteroatoms. The van der Waals surface area contributed by atoms with Gasteiger partial charge in [-0.3, -0.25) is 9.59 Å². The quantitative estimate of drug-likeness (QED) is 0.339. The topological polar surface area (TPSA) is 77.7 Å². The van der Waals surface area contributed by atoms with Crippen LogP contribution >= 0.6 is 0 Å². The Morgan fingerprint density at radius 2 is 1.28 bits per heavy atom. The number of epoxide rings is 2. The Morgan fingerprint density at radius 1 is 0.889 bits per heavy atom. The highest BCUT2D eigenvalue weighted by Crippen LogP contribution is 2.11. The van der Waals surface area contributed by atoms with Crippen LogP contribution in [0.15, 0.2) is 0 Å². The molecular weight excluding hydrogens is 240 g/mol. The van der Waals surface area contributed by atoms with Crippen LogP contribution in [0.2, 0.25) is 0 Å². The standard InChI is InChI=1S/C12H18O6/c13-11(17-7-9-5-15-9)3-1-2-4-12(14)18-8-10-6-16-10/h9-10H,1-8H2/t9-,10+. The van der Waals surface area contributed by atoms with Gasteiger partial charge in [-0.15, -0.1) is 0 Å². The fraction of sp³-hybridized carbons (Fsp3) is 0.833. The van der Waals surface area contributed by atoms with Crippen LogP contribution in [0.1, 0.15) is 25.7 Å². The van der Waals surface area contributed by atoms with Gasteiger partial charge >= 0.3 is 11.9 Å². The summed E-state index contributed by atoms with van der Waals surface area (Å²) in [4.78, 5) is 22.5. The number of hydrogen-bond donors (Lipinski definition) is 0. The van der Waals surface area contributed by atoms with Gasteiger partial charge in [0.25, 0.3) is 0 Å². The number of esters is 2. The van der Waals surface area contributed by atoms with Crippen molar-refractivity contribution >= 4 is 11.9 Å². The molecule has 0 N–H and O–H groups in total. The monoisotopic (exact) mass is 258 g/mol. The minimum atomic E-state index is -0.231. The van der Waals surface area contributed by atoms with E-state index in [4.69, 9.17) is 18.9 Å². The normalized spacial score (nSPS) is 24.4. The predicted octanol–water partition coefficient (Wildman–Crippen LogP) is 0.431. The number of carbonyl (C=O) groups is 2. The molecule has 0 aromatic rings. The molecule has 2 atom stereocenters. The Labute approximate surface area is 106 Å². The predicted molar refractivity (Wildman–Crippen MR) is 59.9 cm³/mol. The first-order valence-electron chi connectivity index (χ1n) is 6.28. The van der Waals surface area contributed by atoms with Gasteiger partial charge in [0.15, 0.2) is 0 Å². The maximum absolute atomic E-state index is 11.2. The number of unbranched alkanes of at least 4 members (excludes halogenated alkanes) is 1. The van der Waals surface area contributed by atoms with Gasteiger partial charge in [-0.2, -0.15) is 0 Å². The fourth-order valence-corrected chi connectivity index (χ4v) is 1.38. The summed E-state index contributed by atoms with van der Waals surface area (Å²) < 4.78 is 19.8. The highest BCUT2D eigenvalue weighted by atomic mass is 16.6. The van der Waals surface area contributed by atoms with Gasteiger partial charge in [0.05, 0.1) is 13.2 Å². The molecule has 2 aliphatic heterocycles. The van der Waals surface area contributed by atoms with Crippen molar-refractivity contribution in [3.05, 3.63) is 0 Å². The van der Waals surface area contributed by atoms with E-state index in [0.29, 0.717) is 52.1 Å². The molecule has 0 unspecified atom stereocenters. The zero-order chi connectivity index (χ0) is 12.8. The number of ether oxygens (including phenoxy) is 4. The van der Waals surface area contributed by atoms with Crippen molar-refractivity contribution in [2.24, 2.45) is 0 Å². The second-order valence-corrected chi connectivity index (χ2v) is 4.48. The molecule has 2 saturated heterocycles. The first kappa shape index (κ1) is 13.3. The van der Waals surface area contributed by atoms with E-state index in [-0.39, 0.29) is 24.1 Å². The summed E-state index contributed by atoms with van der Waals surface area (Å²) in [6.07, 6.45) is 2.16. The third kappa shape index (κ3) is 5.97. The molecule has 2 heterocycles. The smallest absolute Gasteiger partial charge is 0.305 e. The number of rotatable bonds is 9. The largest absolute Gasteiger partial charge is 0.463 e. The van der Waals surface area contributed by atoms with E-state index in [9.17, 15) is 9.59 Å². The van der Waals surface area contributed by atoms with Gasteiger partial charge in [0, 0.05) is 12.8 Å². The lowest BCUT2D eigenvalue weighted by Gasteiger charge is -2.03. The molecule has 0 spiro atoms. The first-order valence-corrected chi connectivity index (χ1v) is 6.28. The van der Waals surface area contributed by atoms with Crippen LogP contribution in [0.4, 0.5) is 0 Å². The van der Waals surface area contributed by atoms with Crippen LogP contribution in [-0.2, 0) is 28.5 Å². The SMILES string of the molecule is O=C(CCCCC(=O)OC[C@H]1CO1)OC[C@@H]1CO1. The highest BCUT2D eigenvalue weighted by Gasteiger charge is 2.24. The summed E-state index contributed by atoms with van der Waals surface area (Å²) >= 11 is 0. The summed E-state index contributed by atoms with van der Waals surface area (Å²) in [7, 11) is 0. The zero-order valence-electron chi connectivity index (χ0n) is 10.3. The Hall–Kier alpha value is -1.14. The first-order chi connectivity index (χ1) is 8.74. The lowest BCUT2D eigenvalue weighted by molar-refractivity contribution is -0.146. The third-order valence-electron chi connectivity index (χ3n) is 2.68. The molecule has 2 rings (SSSR count). The lowest BCUT2D eigenvalue weighted by atomic mass is 10.2. The maximum atomic E-state index is 11.2. The Balaban J connectivity index is 1.39. The van der Waals surface area contributed by atoms with Gasteiger partial charge in [0.2, 0.25) is 0 Å². The molecule has 0 amide bonds. The molecule has 0 radical (unpaired) electrons. The Bertz CT molecular complexity index is 265. The molecule has 0 saturated carbocycles. The van der Waals surface area contributed by atoms with Crippen LogP contribution in [0.25, 0.3) is 0 Å². The van der Waals surface area contributed by atoms with Crippen molar-refractivity contribution in [2.45, 2.75) is 37.9 Å². The van der Waals surface area contributed by atoms with E-state index in [2.05, 4.69) is 0 Å². The maximum Gasteiger partial charge on any atom is 0.305 e. The molecule has 6 nitrogen and oxygen atoms in total. The summed E-state index contributed by atoms with van der Waals surface area (Å²) in [6, 6.07) is 0. The van der Waals surface area contributed by atoms with E-state index in [1.165, 1.54) is 0 Å². The molecule has 18 heavy (non-hydrogen) atoms. The van der Waals surface area contributed by atoms with Gasteiger partial charge < -0.3 is 18.9 Å². The van der Waals surface area contributed by atoms with Crippen molar-refractivity contribution in [3.63, 3.8) is 0 Å². The minimum absolute atomic E-state index is 0.105. The van der Waals surface area contributed by atoms with Gasteiger partial charge in [-0.1, -0.05) is 0 Å². The van der Waals surface area contributed by atoms with Crippen molar-refractivity contribution < 1.29 is 28.5 Å². The molecule has 102 valence electrons. The van der Waals surface area contributed by atoms with Gasteiger partial charge in [0.1, 0.15) is 25.4 Å². The van der Waals surface area contributed by atoms with Crippen LogP contribution in [-0.4, -0.2) is 50.6 Å². The average Bonchev–Trinajstić information content (AvgIpc) is 3.23. The van der Waals surface area contributed by atoms with E-state index in [1.54, 1.807) is 0 Å². The Kier molecular flexibility index (Phi) is 4.95. The second-order valence-electron chi connectivity index (χ2n) is 4.48. The summed E-state index contributed by atoms with van der Waals surface area (Å²) in [5, 5.41) is 0. The lowest BCUT2D eigenvalue weighted by Crippen LogP contribution is -2.11. The van der Waals surface area contributed by atoms with Crippen LogP contribution in [0.3, 0.4) is 0 Å². The minimum Gasteiger partial charge on any atom is -0.463 e. The highest BCUT2D eigenvalue weighted by molar-refractivity contribution is 5.70. The van der Waals surface area contributed by atoms with Gasteiger partial charge in [-0.05, 0) is 12.8 Å². The Morgan fingerprint density at radius 3 is 1.61 bits per heavy atom. The van der Waals surface area contributed by atoms with Crippen molar-refractivity contribution in [1.29, 1.82) is 0 Å². The van der Waals surface area contributed by atoms with Crippen LogP contribution in [0, 0.1) is 0 Å². The average molecular weight is 258 g/mol. The fourth-order valence-electron chi connectivity index (χ4n) is 1.38. The van der Waals surface area contributed by atoms with Crippen molar-refractivity contribution in [3.8, 4) is 0 Å². The molecule has 0 aromatic heterocycles. The molecule has 0 bridgehead atoms. The van der Waals surface area contributed by atoms with Crippen molar-refractivity contribution in [2.75, 3.05) is 26.4 Å². The number of hydrogen-bond acceptors (Lipinski definition) is 6. The van der Waals surface area contributed by atoms with Crippen LogP contribution in [0.5, 0.6) is 0 Å². The summed E-state index contributed by atoms with van der Waals surface area (Å²) in [5.41, 5.74) is 0. The molecular formula is C12H18O6. The molecule has 2 fully saturated rings. The van der Waals surface area contributed by atoms with E-state index < -0.39 is 0 Å².